The van der Waals surface area contributed by atoms with Gasteiger partial charge in [-0.2, -0.15) is 0 Å². The summed E-state index contributed by atoms with van der Waals surface area (Å²) in [6.45, 7) is 4.12. The number of carbonyl (C=O) groups is 1. The summed E-state index contributed by atoms with van der Waals surface area (Å²) in [6.07, 6.45) is 3.09. The third-order valence-electron chi connectivity index (χ3n) is 4.07. The molecule has 3 rings (SSSR count). The molecule has 0 bridgehead atoms. The summed E-state index contributed by atoms with van der Waals surface area (Å²) in [7, 11) is 0. The van der Waals surface area contributed by atoms with Gasteiger partial charge in [-0.15, -0.1) is 0 Å². The van der Waals surface area contributed by atoms with Crippen LogP contribution in [0.4, 0.5) is 0 Å². The van der Waals surface area contributed by atoms with Crippen LogP contribution in [0.3, 0.4) is 0 Å². The van der Waals surface area contributed by atoms with Gasteiger partial charge in [-0.25, -0.2) is 4.98 Å². The summed E-state index contributed by atoms with van der Waals surface area (Å²) in [5.74, 6) is 0.249. The van der Waals surface area contributed by atoms with E-state index in [1.54, 1.807) is 18.7 Å². The molecule has 1 unspecified atom stereocenters. The van der Waals surface area contributed by atoms with E-state index in [2.05, 4.69) is 4.98 Å². The smallest absolute Gasteiger partial charge is 0.276 e. The molecule has 1 saturated heterocycles. The number of rotatable bonds is 3. The van der Waals surface area contributed by atoms with Gasteiger partial charge in [0, 0.05) is 12.1 Å². The molecule has 1 aliphatic rings. The van der Waals surface area contributed by atoms with Gasteiger partial charge in [0.1, 0.15) is 6.26 Å². The maximum atomic E-state index is 12.6. The molecule has 1 amide bonds. The molecular weight excluding hydrogens is 280 g/mol. The molecule has 1 fully saturated rings. The Morgan fingerprint density at radius 2 is 2.09 bits per heavy atom. The van der Waals surface area contributed by atoms with Crippen molar-refractivity contribution < 1.29 is 14.3 Å². The molecular formula is C17H20N2O3. The zero-order valence-electron chi connectivity index (χ0n) is 12.8. The van der Waals surface area contributed by atoms with Crippen LogP contribution in [0.25, 0.3) is 11.5 Å². The number of aromatic nitrogens is 1. The van der Waals surface area contributed by atoms with Gasteiger partial charge < -0.3 is 14.4 Å². The lowest BCUT2D eigenvalue weighted by molar-refractivity contribution is 0.000116. The summed E-state index contributed by atoms with van der Waals surface area (Å²) in [4.78, 5) is 18.6. The number of benzene rings is 1. The fourth-order valence-corrected chi connectivity index (χ4v) is 2.98. The van der Waals surface area contributed by atoms with Gasteiger partial charge in [-0.05, 0) is 38.8 Å². The van der Waals surface area contributed by atoms with Gasteiger partial charge in [0.15, 0.2) is 5.69 Å². The molecule has 0 aliphatic carbocycles. The molecule has 1 aromatic carbocycles. The summed E-state index contributed by atoms with van der Waals surface area (Å²) < 4.78 is 5.43. The molecule has 116 valence electrons. The Hall–Kier alpha value is -2.14. The molecule has 22 heavy (non-hydrogen) atoms. The number of amides is 1. The fraction of sp³-hybridized carbons (Fsp3) is 0.412. The third kappa shape index (κ3) is 2.76. The van der Waals surface area contributed by atoms with Crippen molar-refractivity contribution in [3.63, 3.8) is 0 Å². The second kappa shape index (κ2) is 5.57. The number of oxazole rings is 1. The quantitative estimate of drug-likeness (QED) is 0.946. The van der Waals surface area contributed by atoms with Crippen LogP contribution in [0.15, 0.2) is 41.0 Å². The lowest BCUT2D eigenvalue weighted by Gasteiger charge is -2.33. The first-order valence-electron chi connectivity index (χ1n) is 7.51. The minimum atomic E-state index is -0.918. The highest BCUT2D eigenvalue weighted by Gasteiger charge is 2.39. The van der Waals surface area contributed by atoms with E-state index in [0.717, 1.165) is 18.4 Å². The molecule has 2 aromatic rings. The lowest BCUT2D eigenvalue weighted by Crippen LogP contribution is -2.48. The average Bonchev–Trinajstić information content (AvgIpc) is 3.16. The van der Waals surface area contributed by atoms with E-state index in [1.165, 1.54) is 6.26 Å². The van der Waals surface area contributed by atoms with Crippen LogP contribution in [0.1, 0.15) is 37.2 Å². The third-order valence-corrected chi connectivity index (χ3v) is 4.07. The van der Waals surface area contributed by atoms with Crippen molar-refractivity contribution in [2.75, 3.05) is 6.54 Å². The Bertz CT molecular complexity index is 658. The van der Waals surface area contributed by atoms with Gasteiger partial charge in [0.05, 0.1) is 11.6 Å². The largest absolute Gasteiger partial charge is 0.444 e. The Morgan fingerprint density at radius 3 is 2.77 bits per heavy atom. The number of likely N-dealkylation sites (tertiary alicyclic amines) is 1. The molecule has 1 N–H and O–H groups in total. The molecule has 2 heterocycles. The normalized spacial score (nSPS) is 18.7. The van der Waals surface area contributed by atoms with Crippen LogP contribution < -0.4 is 0 Å². The minimum absolute atomic E-state index is 0.183. The van der Waals surface area contributed by atoms with Crippen LogP contribution >= 0.6 is 0 Å². The maximum Gasteiger partial charge on any atom is 0.276 e. The molecule has 1 aliphatic heterocycles. The molecule has 1 aromatic heterocycles. The van der Waals surface area contributed by atoms with E-state index in [9.17, 15) is 9.90 Å². The van der Waals surface area contributed by atoms with Gasteiger partial charge in [0.2, 0.25) is 5.89 Å². The molecule has 5 heteroatoms. The first-order chi connectivity index (χ1) is 10.5. The maximum absolute atomic E-state index is 12.6. The van der Waals surface area contributed by atoms with E-state index >= 15 is 0 Å². The first kappa shape index (κ1) is 14.8. The predicted octanol–water partition coefficient (Wildman–Crippen LogP) is 2.72. The molecule has 1 atom stereocenters. The van der Waals surface area contributed by atoms with Crippen molar-refractivity contribution >= 4 is 5.91 Å². The Morgan fingerprint density at radius 1 is 1.36 bits per heavy atom. The zero-order chi connectivity index (χ0) is 15.7. The van der Waals surface area contributed by atoms with Crippen molar-refractivity contribution in [2.45, 2.75) is 38.3 Å². The summed E-state index contributed by atoms with van der Waals surface area (Å²) in [6, 6.07) is 9.29. The number of hydrogen-bond acceptors (Lipinski definition) is 4. The van der Waals surface area contributed by atoms with E-state index in [4.69, 9.17) is 4.42 Å². The Labute approximate surface area is 129 Å². The van der Waals surface area contributed by atoms with Gasteiger partial charge in [0.25, 0.3) is 5.91 Å². The van der Waals surface area contributed by atoms with Gasteiger partial charge in [-0.3, -0.25) is 4.79 Å². The van der Waals surface area contributed by atoms with Crippen LogP contribution in [0.2, 0.25) is 0 Å². The number of aliphatic hydroxyl groups is 1. The second-order valence-corrected chi connectivity index (χ2v) is 6.21. The zero-order valence-corrected chi connectivity index (χ0v) is 12.8. The van der Waals surface area contributed by atoms with E-state index in [1.807, 2.05) is 30.3 Å². The van der Waals surface area contributed by atoms with Crippen molar-refractivity contribution in [1.82, 2.24) is 9.88 Å². The van der Waals surface area contributed by atoms with Crippen LogP contribution in [-0.4, -0.2) is 39.1 Å². The minimum Gasteiger partial charge on any atom is -0.444 e. The van der Waals surface area contributed by atoms with Gasteiger partial charge >= 0.3 is 0 Å². The topological polar surface area (TPSA) is 66.6 Å². The van der Waals surface area contributed by atoms with Crippen molar-refractivity contribution in [3.8, 4) is 11.5 Å². The summed E-state index contributed by atoms with van der Waals surface area (Å²) >= 11 is 0. The Balaban J connectivity index is 1.83. The van der Waals surface area contributed by atoms with Crippen LogP contribution in [-0.2, 0) is 0 Å². The highest BCUT2D eigenvalue weighted by atomic mass is 16.3. The van der Waals surface area contributed by atoms with Crippen molar-refractivity contribution in [2.24, 2.45) is 0 Å². The van der Waals surface area contributed by atoms with E-state index in [-0.39, 0.29) is 17.6 Å². The average molecular weight is 300 g/mol. The molecule has 0 radical (unpaired) electrons. The lowest BCUT2D eigenvalue weighted by atomic mass is 9.96. The Kier molecular flexibility index (Phi) is 3.74. The highest BCUT2D eigenvalue weighted by molar-refractivity contribution is 5.93. The summed E-state index contributed by atoms with van der Waals surface area (Å²) in [5.41, 5.74) is 0.204. The van der Waals surface area contributed by atoms with Crippen molar-refractivity contribution in [1.29, 1.82) is 0 Å². The molecule has 0 spiro atoms. The fourth-order valence-electron chi connectivity index (χ4n) is 2.98. The van der Waals surface area contributed by atoms with Crippen LogP contribution in [0, 0.1) is 0 Å². The van der Waals surface area contributed by atoms with Crippen molar-refractivity contribution in [3.05, 3.63) is 42.3 Å². The molecule has 0 saturated carbocycles. The first-order valence-corrected chi connectivity index (χ1v) is 7.51. The standard InChI is InChI=1S/C17H20N2O3/c1-17(2,21)14-9-6-10-19(14)16(20)13-11-22-15(18-13)12-7-4-3-5-8-12/h3-5,7-8,11,14,21H,6,9-10H2,1-2H3. The number of nitrogens with zero attached hydrogens (tertiary/aromatic N) is 2. The van der Waals surface area contributed by atoms with Crippen LogP contribution in [0.5, 0.6) is 0 Å². The summed E-state index contributed by atoms with van der Waals surface area (Å²) in [5, 5.41) is 10.2. The van der Waals surface area contributed by atoms with E-state index in [0.29, 0.717) is 12.4 Å². The SMILES string of the molecule is CC(C)(O)C1CCCN1C(=O)c1coc(-c2ccccc2)n1. The highest BCUT2D eigenvalue weighted by Crippen LogP contribution is 2.28. The number of carbonyl (C=O) groups excluding carboxylic acids is 1. The second-order valence-electron chi connectivity index (χ2n) is 6.21. The molecule has 5 nitrogen and oxygen atoms in total. The monoisotopic (exact) mass is 300 g/mol. The van der Waals surface area contributed by atoms with Gasteiger partial charge in [-0.1, -0.05) is 18.2 Å². The predicted molar refractivity (Wildman–Crippen MR) is 82.3 cm³/mol. The number of hydrogen-bond donors (Lipinski definition) is 1. The van der Waals surface area contributed by atoms with E-state index < -0.39 is 5.60 Å².